The molecule has 0 bridgehead atoms. The van der Waals surface area contributed by atoms with Crippen LogP contribution in [0.2, 0.25) is 0 Å². The van der Waals surface area contributed by atoms with E-state index in [1.54, 1.807) is 10.1 Å². The van der Waals surface area contributed by atoms with Gasteiger partial charge < -0.3 is 0 Å². The van der Waals surface area contributed by atoms with Gasteiger partial charge in [-0.1, -0.05) is 58.0 Å². The molecule has 0 saturated carbocycles. The Morgan fingerprint density at radius 1 is 0.667 bits per heavy atom. The van der Waals surface area contributed by atoms with Crippen molar-refractivity contribution in [3.05, 3.63) is 0 Å². The van der Waals surface area contributed by atoms with Crippen LogP contribution in [0.25, 0.3) is 0 Å². The lowest BCUT2D eigenvalue weighted by Gasteiger charge is -2.31. The summed E-state index contributed by atoms with van der Waals surface area (Å²) in [7, 11) is 3.04. The maximum Gasteiger partial charge on any atom is 0.0132 e. The minimum atomic E-state index is 0.415. The molecule has 0 N–H and O–H groups in total. The molecular weight excluding hydrogens is 182 g/mol. The Balaban J connectivity index is 2.66. The van der Waals surface area contributed by atoms with Crippen LogP contribution in [0, 0.1) is 10.8 Å². The van der Waals surface area contributed by atoms with Crippen molar-refractivity contribution in [1.29, 1.82) is 0 Å². The van der Waals surface area contributed by atoms with Gasteiger partial charge in [-0.15, -0.1) is 0 Å². The fourth-order valence-corrected chi connectivity index (χ4v) is 3.53. The molecule has 12 heavy (non-hydrogen) atoms. The van der Waals surface area contributed by atoms with Crippen molar-refractivity contribution in [2.75, 3.05) is 0 Å². The lowest BCUT2D eigenvalue weighted by molar-refractivity contribution is 0.603. The standard InChI is InChI=1S/C10H18P2/c1-9(2,3)7-11-8(12-7)10(4,5)6/h1-6H3. The van der Waals surface area contributed by atoms with Gasteiger partial charge in [0.1, 0.15) is 0 Å². The molecule has 0 atom stereocenters. The van der Waals surface area contributed by atoms with E-state index in [1.165, 1.54) is 16.4 Å². The Hall–Kier alpha value is 0.340. The van der Waals surface area contributed by atoms with E-state index in [-0.39, 0.29) is 0 Å². The van der Waals surface area contributed by atoms with Crippen molar-refractivity contribution >= 4 is 26.5 Å². The highest BCUT2D eigenvalue weighted by atomic mass is 31.1. The maximum absolute atomic E-state index is 2.31. The monoisotopic (exact) mass is 200 g/mol. The minimum Gasteiger partial charge on any atom is -0.0582 e. The second-order valence-corrected chi connectivity index (χ2v) is 8.31. The molecule has 1 aliphatic heterocycles. The van der Waals surface area contributed by atoms with Crippen LogP contribution in [0.3, 0.4) is 0 Å². The Kier molecular flexibility index (Phi) is 2.54. The lowest BCUT2D eigenvalue weighted by Crippen LogP contribution is -2.24. The Morgan fingerprint density at radius 2 is 0.917 bits per heavy atom. The zero-order chi connectivity index (χ0) is 9.57. The van der Waals surface area contributed by atoms with Crippen LogP contribution in [0.15, 0.2) is 0 Å². The van der Waals surface area contributed by atoms with Crippen molar-refractivity contribution in [3.63, 3.8) is 0 Å². The molecule has 0 nitrogen and oxygen atoms in total. The quantitative estimate of drug-likeness (QED) is 0.513. The summed E-state index contributed by atoms with van der Waals surface area (Å²) in [6, 6.07) is 0. The summed E-state index contributed by atoms with van der Waals surface area (Å²) in [6.07, 6.45) is 0. The van der Waals surface area contributed by atoms with E-state index in [4.69, 9.17) is 0 Å². The van der Waals surface area contributed by atoms with Gasteiger partial charge in [-0.3, -0.25) is 0 Å². The van der Waals surface area contributed by atoms with Crippen molar-refractivity contribution in [3.8, 4) is 0 Å². The summed E-state index contributed by atoms with van der Waals surface area (Å²) in [5, 5.41) is 3.35. The van der Waals surface area contributed by atoms with E-state index in [9.17, 15) is 0 Å². The first-order valence-corrected chi connectivity index (χ1v) is 6.18. The van der Waals surface area contributed by atoms with Crippen LogP contribution in [0.1, 0.15) is 41.5 Å². The van der Waals surface area contributed by atoms with Crippen LogP contribution in [0.4, 0.5) is 0 Å². The van der Waals surface area contributed by atoms with E-state index >= 15 is 0 Å². The van der Waals surface area contributed by atoms with Gasteiger partial charge in [-0.25, -0.2) is 0 Å². The average Bonchev–Trinajstić information content (AvgIpc) is 1.46. The first-order chi connectivity index (χ1) is 5.21. The molecule has 0 fully saturated rings. The summed E-state index contributed by atoms with van der Waals surface area (Å²) >= 11 is 0. The van der Waals surface area contributed by atoms with Gasteiger partial charge >= 0.3 is 0 Å². The van der Waals surface area contributed by atoms with Crippen LogP contribution in [0.5, 0.6) is 0 Å². The summed E-state index contributed by atoms with van der Waals surface area (Å²) in [5.74, 6) is 0. The van der Waals surface area contributed by atoms with E-state index in [1.807, 2.05) is 0 Å². The summed E-state index contributed by atoms with van der Waals surface area (Å²) in [5.41, 5.74) is 0.829. The first kappa shape index (κ1) is 10.4. The van der Waals surface area contributed by atoms with Gasteiger partial charge in [-0.05, 0) is 10.8 Å². The molecule has 0 aromatic carbocycles. The molecule has 0 spiro atoms. The SMILES string of the molecule is CC(C)(C)C1=PC(C(C)(C)C)=P1. The maximum atomic E-state index is 2.31. The fraction of sp³-hybridized carbons (Fsp3) is 0.800. The van der Waals surface area contributed by atoms with Gasteiger partial charge in [-0.2, -0.15) is 0 Å². The lowest BCUT2D eigenvalue weighted by atomic mass is 9.99. The molecule has 0 radical (unpaired) electrons. The van der Waals surface area contributed by atoms with Gasteiger partial charge in [0.25, 0.3) is 0 Å². The third-order valence-corrected chi connectivity index (χ3v) is 6.50. The predicted octanol–water partition coefficient (Wildman–Crippen LogP) is 4.24. The normalized spacial score (nSPS) is 20.8. The highest BCUT2D eigenvalue weighted by Crippen LogP contribution is 2.45. The van der Waals surface area contributed by atoms with Gasteiger partial charge in [0.2, 0.25) is 0 Å². The number of rotatable bonds is 0. The van der Waals surface area contributed by atoms with E-state index in [0.29, 0.717) is 10.8 Å². The third-order valence-electron chi connectivity index (χ3n) is 1.77. The predicted molar refractivity (Wildman–Crippen MR) is 62.8 cm³/mol. The Bertz CT molecular complexity index is 212. The molecule has 2 heteroatoms. The zero-order valence-corrected chi connectivity index (χ0v) is 10.7. The third kappa shape index (κ3) is 2.18. The fourth-order valence-electron chi connectivity index (χ4n) is 0.877. The van der Waals surface area contributed by atoms with Crippen molar-refractivity contribution in [2.45, 2.75) is 41.5 Å². The highest BCUT2D eigenvalue weighted by molar-refractivity contribution is 7.98. The van der Waals surface area contributed by atoms with Crippen LogP contribution in [-0.4, -0.2) is 10.1 Å². The molecule has 0 aromatic heterocycles. The van der Waals surface area contributed by atoms with Gasteiger partial charge in [0.05, 0.1) is 0 Å². The van der Waals surface area contributed by atoms with Crippen LogP contribution in [-0.2, 0) is 0 Å². The number of hydrogen-bond donors (Lipinski definition) is 0. The van der Waals surface area contributed by atoms with Crippen molar-refractivity contribution < 1.29 is 0 Å². The summed E-state index contributed by atoms with van der Waals surface area (Å²) < 4.78 is 0. The van der Waals surface area contributed by atoms with E-state index < -0.39 is 0 Å². The Labute approximate surface area is 79.4 Å². The molecule has 0 saturated heterocycles. The average molecular weight is 200 g/mol. The molecular formula is C10H18P2. The zero-order valence-electron chi connectivity index (χ0n) is 8.89. The molecule has 0 aromatic rings. The molecule has 1 heterocycles. The molecule has 0 aliphatic carbocycles. The number of hydrogen-bond acceptors (Lipinski definition) is 0. The van der Waals surface area contributed by atoms with Crippen LogP contribution < -0.4 is 0 Å². The Morgan fingerprint density at radius 3 is 1.08 bits per heavy atom. The second-order valence-electron chi connectivity index (χ2n) is 5.37. The van der Waals surface area contributed by atoms with Crippen molar-refractivity contribution in [2.24, 2.45) is 10.8 Å². The smallest absolute Gasteiger partial charge is 0.0132 e. The molecule has 0 amide bonds. The van der Waals surface area contributed by atoms with Crippen LogP contribution >= 0.6 is 16.4 Å². The van der Waals surface area contributed by atoms with Crippen molar-refractivity contribution in [1.82, 2.24) is 0 Å². The second kappa shape index (κ2) is 2.93. The molecule has 1 aliphatic rings. The van der Waals surface area contributed by atoms with Gasteiger partial charge in [0.15, 0.2) is 0 Å². The van der Waals surface area contributed by atoms with Gasteiger partial charge in [0, 0.05) is 10.1 Å². The minimum absolute atomic E-state index is 0.415. The highest BCUT2D eigenvalue weighted by Gasteiger charge is 2.28. The summed E-state index contributed by atoms with van der Waals surface area (Å²) in [6.45, 7) is 13.8. The first-order valence-electron chi connectivity index (χ1n) is 4.39. The molecule has 68 valence electrons. The largest absolute Gasteiger partial charge is 0.0582 e. The topological polar surface area (TPSA) is 0 Å². The van der Waals surface area contributed by atoms with E-state index in [2.05, 4.69) is 41.5 Å². The molecule has 1 rings (SSSR count). The van der Waals surface area contributed by atoms with E-state index in [0.717, 1.165) is 0 Å². The molecule has 0 unspecified atom stereocenters. The summed E-state index contributed by atoms with van der Waals surface area (Å²) in [4.78, 5) is 0.